The number of hydrogen-bond acceptors (Lipinski definition) is 8. The van der Waals surface area contributed by atoms with Crippen LogP contribution in [0.5, 0.6) is 0 Å². The van der Waals surface area contributed by atoms with Gasteiger partial charge in [0.25, 0.3) is 0 Å². The first-order chi connectivity index (χ1) is 13.5. The largest absolute Gasteiger partial charge is 0.391 e. The van der Waals surface area contributed by atoms with Crippen LogP contribution in [0, 0.1) is 0 Å². The van der Waals surface area contributed by atoms with E-state index in [9.17, 15) is 5.11 Å². The zero-order valence-corrected chi connectivity index (χ0v) is 17.1. The van der Waals surface area contributed by atoms with E-state index in [1.807, 2.05) is 0 Å². The molecule has 0 spiro atoms. The van der Waals surface area contributed by atoms with Crippen molar-refractivity contribution in [2.75, 3.05) is 45.9 Å². The van der Waals surface area contributed by atoms with Crippen LogP contribution >= 0.6 is 23.2 Å². The van der Waals surface area contributed by atoms with E-state index in [0.717, 1.165) is 0 Å². The monoisotopic (exact) mass is 430 g/mol. The minimum Gasteiger partial charge on any atom is -0.391 e. The molecular weight excluding hydrogens is 407 g/mol. The lowest BCUT2D eigenvalue weighted by atomic mass is 10.1. The van der Waals surface area contributed by atoms with Gasteiger partial charge < -0.3 is 25.1 Å². The summed E-state index contributed by atoms with van der Waals surface area (Å²) in [5.41, 5.74) is 6.94. The number of methoxy groups -OCH3 is 1. The van der Waals surface area contributed by atoms with E-state index >= 15 is 0 Å². The zero-order chi connectivity index (χ0) is 20.4. The van der Waals surface area contributed by atoms with Crippen LogP contribution < -0.4 is 5.73 Å². The Morgan fingerprint density at radius 1 is 1.11 bits per heavy atom. The lowest BCUT2D eigenvalue weighted by Gasteiger charge is -2.11. The van der Waals surface area contributed by atoms with Crippen molar-refractivity contribution in [1.29, 1.82) is 0 Å². The molecule has 0 amide bonds. The average molecular weight is 431 g/mol. The number of aliphatic hydroxyl groups excluding tert-OH is 1. The van der Waals surface area contributed by atoms with Gasteiger partial charge in [0.2, 0.25) is 0 Å². The molecule has 0 aliphatic heterocycles. The average Bonchev–Trinajstić information content (AvgIpc) is 2.68. The number of halogens is 2. The topological polar surface area (TPSA) is 113 Å². The molecule has 154 valence electrons. The normalized spacial score (nSPS) is 12.3. The molecule has 2 rings (SSSR count). The fourth-order valence-electron chi connectivity index (χ4n) is 2.32. The highest BCUT2D eigenvalue weighted by Gasteiger charge is 2.14. The maximum Gasteiger partial charge on any atom is 0.154 e. The van der Waals surface area contributed by atoms with Crippen LogP contribution in [0.2, 0.25) is 10.0 Å². The Kier molecular flexibility index (Phi) is 9.83. The Bertz CT molecular complexity index is 752. The number of rotatable bonds is 12. The van der Waals surface area contributed by atoms with Gasteiger partial charge in [-0.3, -0.25) is 0 Å². The molecule has 2 aromatic rings. The number of nitrogen functional groups attached to an aromatic ring is 1. The van der Waals surface area contributed by atoms with Crippen molar-refractivity contribution >= 4 is 29.0 Å². The summed E-state index contributed by atoms with van der Waals surface area (Å²) >= 11 is 12.2. The van der Waals surface area contributed by atoms with Crippen molar-refractivity contribution in [1.82, 2.24) is 15.2 Å². The molecule has 0 aliphatic rings. The van der Waals surface area contributed by atoms with Gasteiger partial charge in [0.15, 0.2) is 11.6 Å². The molecule has 0 aliphatic carbocycles. The molecule has 1 aromatic carbocycles. The molecule has 0 bridgehead atoms. The maximum absolute atomic E-state index is 9.99. The van der Waals surface area contributed by atoms with Gasteiger partial charge in [-0.2, -0.15) is 0 Å². The van der Waals surface area contributed by atoms with E-state index in [0.29, 0.717) is 66.4 Å². The van der Waals surface area contributed by atoms with Crippen molar-refractivity contribution in [3.63, 3.8) is 0 Å². The van der Waals surface area contributed by atoms with Gasteiger partial charge in [0.1, 0.15) is 5.69 Å². The smallest absolute Gasteiger partial charge is 0.154 e. The highest BCUT2D eigenvalue weighted by molar-refractivity contribution is 6.43. The minimum absolute atomic E-state index is 0.201. The summed E-state index contributed by atoms with van der Waals surface area (Å²) in [5, 5.41) is 18.9. The van der Waals surface area contributed by atoms with E-state index in [2.05, 4.69) is 15.2 Å². The Balaban J connectivity index is 1.79. The first kappa shape index (κ1) is 22.7. The van der Waals surface area contributed by atoms with Crippen molar-refractivity contribution in [3.05, 3.63) is 34.1 Å². The number of aliphatic hydroxyl groups is 1. The Morgan fingerprint density at radius 2 is 1.86 bits per heavy atom. The van der Waals surface area contributed by atoms with Crippen LogP contribution in [-0.4, -0.2) is 66.5 Å². The standard InChI is InChI=1S/C18H24Cl2N4O4/c1-26-7-8-27-9-10-28-11-12(25)5-6-15-22-18(21)17(24-23-15)13-3-2-4-14(19)16(13)20/h2-4,12,25H,5-11H2,1H3,(H2,21,22,23). The molecule has 0 saturated heterocycles. The van der Waals surface area contributed by atoms with Gasteiger partial charge >= 0.3 is 0 Å². The predicted molar refractivity (Wildman–Crippen MR) is 108 cm³/mol. The second-order valence-electron chi connectivity index (χ2n) is 5.94. The molecule has 0 radical (unpaired) electrons. The number of benzene rings is 1. The van der Waals surface area contributed by atoms with E-state index in [4.69, 9.17) is 43.1 Å². The summed E-state index contributed by atoms with van der Waals surface area (Å²) in [5.74, 6) is 0.634. The molecule has 10 heteroatoms. The lowest BCUT2D eigenvalue weighted by Crippen LogP contribution is -2.19. The third-order valence-electron chi connectivity index (χ3n) is 3.78. The van der Waals surface area contributed by atoms with E-state index in [1.54, 1.807) is 25.3 Å². The molecule has 1 aromatic heterocycles. The number of anilines is 1. The third kappa shape index (κ3) is 7.12. The number of nitrogens with two attached hydrogens (primary N) is 1. The van der Waals surface area contributed by atoms with Crippen molar-refractivity contribution in [2.45, 2.75) is 18.9 Å². The number of aryl methyl sites for hydroxylation is 1. The Labute approximate surface area is 173 Å². The molecule has 1 heterocycles. The third-order valence-corrected chi connectivity index (χ3v) is 4.60. The Morgan fingerprint density at radius 3 is 2.61 bits per heavy atom. The fourth-order valence-corrected chi connectivity index (χ4v) is 2.71. The van der Waals surface area contributed by atoms with Crippen LogP contribution in [-0.2, 0) is 20.6 Å². The van der Waals surface area contributed by atoms with Gasteiger partial charge in [-0.15, -0.1) is 10.2 Å². The quantitative estimate of drug-likeness (QED) is 0.493. The SMILES string of the molecule is COCCOCCOCC(O)CCc1nnc(-c2cccc(Cl)c2Cl)c(N)n1. The Hall–Kier alpha value is -1.55. The molecule has 1 atom stereocenters. The van der Waals surface area contributed by atoms with Gasteiger partial charge in [-0.25, -0.2) is 4.98 Å². The summed E-state index contributed by atoms with van der Waals surface area (Å²) in [7, 11) is 1.61. The van der Waals surface area contributed by atoms with E-state index in [-0.39, 0.29) is 12.4 Å². The van der Waals surface area contributed by atoms with Crippen molar-refractivity contribution < 1.29 is 19.3 Å². The van der Waals surface area contributed by atoms with Crippen molar-refractivity contribution in [2.24, 2.45) is 0 Å². The first-order valence-corrected chi connectivity index (χ1v) is 9.54. The lowest BCUT2D eigenvalue weighted by molar-refractivity contribution is -0.00714. The molecule has 0 fully saturated rings. The van der Waals surface area contributed by atoms with E-state index in [1.165, 1.54) is 0 Å². The second kappa shape index (κ2) is 12.1. The maximum atomic E-state index is 9.99. The number of nitrogens with zero attached hydrogens (tertiary/aromatic N) is 3. The van der Waals surface area contributed by atoms with Crippen LogP contribution in [0.25, 0.3) is 11.3 Å². The van der Waals surface area contributed by atoms with Gasteiger partial charge in [-0.05, 0) is 12.5 Å². The number of aromatic nitrogens is 3. The van der Waals surface area contributed by atoms with Crippen molar-refractivity contribution in [3.8, 4) is 11.3 Å². The van der Waals surface area contributed by atoms with Gasteiger partial charge in [-0.1, -0.05) is 35.3 Å². The highest BCUT2D eigenvalue weighted by atomic mass is 35.5. The van der Waals surface area contributed by atoms with Crippen LogP contribution in [0.15, 0.2) is 18.2 Å². The number of hydrogen-bond donors (Lipinski definition) is 2. The predicted octanol–water partition coefficient (Wildman–Crippen LogP) is 2.40. The van der Waals surface area contributed by atoms with E-state index < -0.39 is 6.10 Å². The molecular formula is C18H24Cl2N4O4. The molecule has 1 unspecified atom stereocenters. The second-order valence-corrected chi connectivity index (χ2v) is 6.72. The van der Waals surface area contributed by atoms with Gasteiger partial charge in [0.05, 0.1) is 49.2 Å². The van der Waals surface area contributed by atoms with Crippen LogP contribution in [0.4, 0.5) is 5.82 Å². The van der Waals surface area contributed by atoms with Gasteiger partial charge in [0, 0.05) is 19.1 Å². The molecule has 3 N–H and O–H groups in total. The summed E-state index contributed by atoms with van der Waals surface area (Å²) in [6, 6.07) is 5.17. The highest BCUT2D eigenvalue weighted by Crippen LogP contribution is 2.34. The van der Waals surface area contributed by atoms with Crippen LogP contribution in [0.1, 0.15) is 12.2 Å². The zero-order valence-electron chi connectivity index (χ0n) is 15.6. The summed E-state index contributed by atoms with van der Waals surface area (Å²) < 4.78 is 15.5. The molecule has 28 heavy (non-hydrogen) atoms. The summed E-state index contributed by atoms with van der Waals surface area (Å²) in [6.45, 7) is 2.12. The van der Waals surface area contributed by atoms with Crippen LogP contribution in [0.3, 0.4) is 0 Å². The number of ether oxygens (including phenoxy) is 3. The fraction of sp³-hybridized carbons (Fsp3) is 0.500. The first-order valence-electron chi connectivity index (χ1n) is 8.78. The molecule has 0 saturated carbocycles. The molecule has 8 nitrogen and oxygen atoms in total. The summed E-state index contributed by atoms with van der Waals surface area (Å²) in [4.78, 5) is 4.25. The summed E-state index contributed by atoms with van der Waals surface area (Å²) in [6.07, 6.45) is 0.185. The minimum atomic E-state index is -0.647.